The highest BCUT2D eigenvalue weighted by Gasteiger charge is 2.21. The number of hydrogen-bond acceptors (Lipinski definition) is 4. The molecule has 1 aliphatic rings. The number of nitrogens with one attached hydrogen (secondary N) is 1. The fourth-order valence-corrected chi connectivity index (χ4v) is 4.50. The SMILES string of the molecule is CC(C)(C)c1ccc(S(=O)(=O)NCCN2CCN(c3ccccc3F)CC2)cc1. The van der Waals surface area contributed by atoms with Crippen LogP contribution in [0.25, 0.3) is 0 Å². The average molecular weight is 420 g/mol. The van der Waals surface area contributed by atoms with Gasteiger partial charge in [0, 0.05) is 39.3 Å². The van der Waals surface area contributed by atoms with Crippen LogP contribution in [-0.4, -0.2) is 52.6 Å². The number of anilines is 1. The molecule has 5 nitrogen and oxygen atoms in total. The number of rotatable bonds is 6. The highest BCUT2D eigenvalue weighted by molar-refractivity contribution is 7.89. The maximum Gasteiger partial charge on any atom is 0.240 e. The normalized spacial score (nSPS) is 16.2. The molecule has 29 heavy (non-hydrogen) atoms. The number of piperazine rings is 1. The van der Waals surface area contributed by atoms with Crippen LogP contribution in [0, 0.1) is 5.82 Å². The van der Waals surface area contributed by atoms with E-state index in [1.807, 2.05) is 23.1 Å². The standard InChI is InChI=1S/C22H30FN3O2S/c1-22(2,3)18-8-10-19(11-9-18)29(27,28)24-12-13-25-14-16-26(17-15-25)21-7-5-4-6-20(21)23/h4-11,24H,12-17H2,1-3H3. The largest absolute Gasteiger partial charge is 0.367 e. The molecule has 1 N–H and O–H groups in total. The first-order valence-electron chi connectivity index (χ1n) is 9.99. The fraction of sp³-hybridized carbons (Fsp3) is 0.455. The third kappa shape index (κ3) is 5.56. The van der Waals surface area contributed by atoms with Gasteiger partial charge in [-0.15, -0.1) is 0 Å². The van der Waals surface area contributed by atoms with Gasteiger partial charge in [0.15, 0.2) is 0 Å². The Morgan fingerprint density at radius 3 is 2.17 bits per heavy atom. The van der Waals surface area contributed by atoms with Crippen LogP contribution < -0.4 is 9.62 Å². The van der Waals surface area contributed by atoms with Gasteiger partial charge in [-0.25, -0.2) is 17.5 Å². The van der Waals surface area contributed by atoms with Crippen LogP contribution in [0.5, 0.6) is 0 Å². The molecule has 7 heteroatoms. The van der Waals surface area contributed by atoms with E-state index in [0.29, 0.717) is 18.8 Å². The quantitative estimate of drug-likeness (QED) is 0.781. The first-order valence-corrected chi connectivity index (χ1v) is 11.5. The Labute approximate surface area is 173 Å². The van der Waals surface area contributed by atoms with Gasteiger partial charge in [-0.1, -0.05) is 45.0 Å². The van der Waals surface area contributed by atoms with Gasteiger partial charge in [-0.05, 0) is 35.2 Å². The van der Waals surface area contributed by atoms with Crippen molar-refractivity contribution in [3.8, 4) is 0 Å². The van der Waals surface area contributed by atoms with Gasteiger partial charge in [0.25, 0.3) is 0 Å². The van der Waals surface area contributed by atoms with Crippen molar-refractivity contribution in [3.63, 3.8) is 0 Å². The fourth-order valence-electron chi connectivity index (χ4n) is 3.48. The summed E-state index contributed by atoms with van der Waals surface area (Å²) in [5, 5.41) is 0. The van der Waals surface area contributed by atoms with Crippen LogP contribution in [0.2, 0.25) is 0 Å². The van der Waals surface area contributed by atoms with Gasteiger partial charge >= 0.3 is 0 Å². The minimum Gasteiger partial charge on any atom is -0.367 e. The molecule has 158 valence electrons. The second-order valence-electron chi connectivity index (χ2n) is 8.45. The maximum atomic E-state index is 13.9. The molecule has 0 bridgehead atoms. The van der Waals surface area contributed by atoms with E-state index in [1.54, 1.807) is 24.3 Å². The predicted octanol–water partition coefficient (Wildman–Crippen LogP) is 3.22. The molecule has 1 fully saturated rings. The van der Waals surface area contributed by atoms with Gasteiger partial charge in [0.1, 0.15) is 5.82 Å². The molecule has 0 amide bonds. The monoisotopic (exact) mass is 419 g/mol. The van der Waals surface area contributed by atoms with E-state index in [4.69, 9.17) is 0 Å². The Morgan fingerprint density at radius 1 is 0.966 bits per heavy atom. The molecule has 2 aromatic carbocycles. The molecular weight excluding hydrogens is 389 g/mol. The lowest BCUT2D eigenvalue weighted by atomic mass is 9.87. The lowest BCUT2D eigenvalue weighted by Crippen LogP contribution is -2.48. The molecule has 2 aromatic rings. The Balaban J connectivity index is 1.48. The first-order chi connectivity index (χ1) is 13.7. The Bertz CT molecular complexity index is 916. The summed E-state index contributed by atoms with van der Waals surface area (Å²) in [5.41, 5.74) is 1.72. The number of para-hydroxylation sites is 1. The summed E-state index contributed by atoms with van der Waals surface area (Å²) >= 11 is 0. The van der Waals surface area contributed by atoms with Gasteiger partial charge < -0.3 is 4.90 Å². The molecule has 1 aliphatic heterocycles. The van der Waals surface area contributed by atoms with Crippen molar-refractivity contribution in [2.45, 2.75) is 31.1 Å². The summed E-state index contributed by atoms with van der Waals surface area (Å²) in [4.78, 5) is 4.52. The minimum atomic E-state index is -3.52. The molecule has 0 atom stereocenters. The molecular formula is C22H30FN3O2S. The summed E-state index contributed by atoms with van der Waals surface area (Å²) < 4.78 is 41.7. The summed E-state index contributed by atoms with van der Waals surface area (Å²) in [7, 11) is -3.52. The van der Waals surface area contributed by atoms with E-state index in [9.17, 15) is 12.8 Å². The third-order valence-electron chi connectivity index (χ3n) is 5.32. The van der Waals surface area contributed by atoms with E-state index in [2.05, 4.69) is 30.4 Å². The zero-order chi connectivity index (χ0) is 21.1. The first kappa shape index (κ1) is 21.7. The number of halogens is 1. The molecule has 0 aliphatic carbocycles. The average Bonchev–Trinajstić information content (AvgIpc) is 2.68. The summed E-state index contributed by atoms with van der Waals surface area (Å²) in [6, 6.07) is 13.9. The summed E-state index contributed by atoms with van der Waals surface area (Å²) in [6.45, 7) is 10.3. The third-order valence-corrected chi connectivity index (χ3v) is 6.79. The molecule has 0 spiro atoms. The van der Waals surface area contributed by atoms with Gasteiger partial charge in [-0.3, -0.25) is 4.90 Å². The highest BCUT2D eigenvalue weighted by Crippen LogP contribution is 2.23. The Hall–Kier alpha value is -1.96. The number of sulfonamides is 1. The topological polar surface area (TPSA) is 52.7 Å². The summed E-state index contributed by atoms with van der Waals surface area (Å²) in [6.07, 6.45) is 0. The van der Waals surface area contributed by atoms with E-state index in [-0.39, 0.29) is 16.1 Å². The second kappa shape index (κ2) is 8.81. The van der Waals surface area contributed by atoms with Crippen LogP contribution in [0.3, 0.4) is 0 Å². The van der Waals surface area contributed by atoms with Gasteiger partial charge in [-0.2, -0.15) is 0 Å². The molecule has 1 saturated heterocycles. The van der Waals surface area contributed by atoms with Gasteiger partial charge in [0.2, 0.25) is 10.0 Å². The summed E-state index contributed by atoms with van der Waals surface area (Å²) in [5.74, 6) is -0.203. The molecule has 0 saturated carbocycles. The van der Waals surface area contributed by atoms with Crippen LogP contribution in [0.4, 0.5) is 10.1 Å². The predicted molar refractivity (Wildman–Crippen MR) is 115 cm³/mol. The van der Waals surface area contributed by atoms with Crippen molar-refractivity contribution in [1.29, 1.82) is 0 Å². The number of nitrogens with zero attached hydrogens (tertiary/aromatic N) is 2. The highest BCUT2D eigenvalue weighted by atomic mass is 32.2. The lowest BCUT2D eigenvalue weighted by Gasteiger charge is -2.36. The van der Waals surface area contributed by atoms with Crippen molar-refractivity contribution in [1.82, 2.24) is 9.62 Å². The minimum absolute atomic E-state index is 0.0134. The molecule has 0 radical (unpaired) electrons. The maximum absolute atomic E-state index is 13.9. The van der Waals surface area contributed by atoms with Crippen LogP contribution >= 0.6 is 0 Å². The van der Waals surface area contributed by atoms with Crippen LogP contribution in [0.1, 0.15) is 26.3 Å². The van der Waals surface area contributed by atoms with Gasteiger partial charge in [0.05, 0.1) is 10.6 Å². The van der Waals surface area contributed by atoms with Crippen LogP contribution in [-0.2, 0) is 15.4 Å². The van der Waals surface area contributed by atoms with Crippen LogP contribution in [0.15, 0.2) is 53.4 Å². The molecule has 3 rings (SSSR count). The lowest BCUT2D eigenvalue weighted by molar-refractivity contribution is 0.261. The van der Waals surface area contributed by atoms with E-state index in [1.165, 1.54) is 6.07 Å². The van der Waals surface area contributed by atoms with Crippen molar-refractivity contribution in [2.24, 2.45) is 0 Å². The van der Waals surface area contributed by atoms with Crippen molar-refractivity contribution < 1.29 is 12.8 Å². The Kier molecular flexibility index (Phi) is 6.61. The number of benzene rings is 2. The van der Waals surface area contributed by atoms with Crippen molar-refractivity contribution >= 4 is 15.7 Å². The van der Waals surface area contributed by atoms with E-state index < -0.39 is 10.0 Å². The second-order valence-corrected chi connectivity index (χ2v) is 10.2. The smallest absolute Gasteiger partial charge is 0.240 e. The van der Waals surface area contributed by atoms with E-state index >= 15 is 0 Å². The molecule has 0 aromatic heterocycles. The molecule has 1 heterocycles. The number of hydrogen-bond donors (Lipinski definition) is 1. The van der Waals surface area contributed by atoms with E-state index in [0.717, 1.165) is 31.7 Å². The zero-order valence-electron chi connectivity index (χ0n) is 17.4. The Morgan fingerprint density at radius 2 is 1.59 bits per heavy atom. The molecule has 0 unspecified atom stereocenters. The zero-order valence-corrected chi connectivity index (χ0v) is 18.2. The van der Waals surface area contributed by atoms with Crippen molar-refractivity contribution in [2.75, 3.05) is 44.2 Å². The van der Waals surface area contributed by atoms with Crippen molar-refractivity contribution in [3.05, 3.63) is 59.9 Å².